The van der Waals surface area contributed by atoms with Gasteiger partial charge in [-0.3, -0.25) is 14.3 Å². The molecule has 0 radical (unpaired) electrons. The van der Waals surface area contributed by atoms with Gasteiger partial charge in [0.1, 0.15) is 18.2 Å². The van der Waals surface area contributed by atoms with Crippen LogP contribution in [0.5, 0.6) is 5.75 Å². The Balaban J connectivity index is 1.90. The van der Waals surface area contributed by atoms with Crippen LogP contribution in [0.1, 0.15) is 20.8 Å². The van der Waals surface area contributed by atoms with E-state index in [-0.39, 0.29) is 28.8 Å². The third-order valence-corrected chi connectivity index (χ3v) is 5.99. The van der Waals surface area contributed by atoms with Crippen molar-refractivity contribution in [3.63, 3.8) is 0 Å². The zero-order valence-electron chi connectivity index (χ0n) is 16.9. The van der Waals surface area contributed by atoms with E-state index in [9.17, 15) is 22.4 Å². The maximum Gasteiger partial charge on any atom is 0.261 e. The van der Waals surface area contributed by atoms with Gasteiger partial charge in [-0.25, -0.2) is 12.8 Å². The number of hydrogen-bond donors (Lipinski definition) is 2. The van der Waals surface area contributed by atoms with Gasteiger partial charge in [0.15, 0.2) is 0 Å². The summed E-state index contributed by atoms with van der Waals surface area (Å²) >= 11 is 0. The van der Waals surface area contributed by atoms with Crippen LogP contribution in [0.4, 0.5) is 21.5 Å². The van der Waals surface area contributed by atoms with Crippen molar-refractivity contribution < 1.29 is 27.1 Å². The zero-order valence-corrected chi connectivity index (χ0v) is 17.8. The maximum absolute atomic E-state index is 14.1. The Kier molecular flexibility index (Phi) is 5.46. The van der Waals surface area contributed by atoms with Crippen molar-refractivity contribution in [1.29, 1.82) is 0 Å². The first-order chi connectivity index (χ1) is 13.9. The van der Waals surface area contributed by atoms with Crippen LogP contribution in [0.2, 0.25) is 0 Å². The van der Waals surface area contributed by atoms with Gasteiger partial charge in [-0.05, 0) is 50.2 Å². The SMILES string of the molecule is CC(=O)Nc1ccc(S(=O)(=O)Nc2ccc3c(c2)N(C)C(=O)C(C)(C)CO3)cc1F. The molecule has 160 valence electrons. The number of hydrogen-bond acceptors (Lipinski definition) is 5. The number of benzene rings is 2. The first kappa shape index (κ1) is 21.6. The summed E-state index contributed by atoms with van der Waals surface area (Å²) in [7, 11) is -2.53. The topological polar surface area (TPSA) is 105 Å². The third kappa shape index (κ3) is 4.23. The van der Waals surface area contributed by atoms with Crippen molar-refractivity contribution in [3.05, 3.63) is 42.2 Å². The molecule has 0 saturated heterocycles. The Hall–Kier alpha value is -3.14. The molecule has 0 aliphatic carbocycles. The Bertz CT molecular complexity index is 1130. The van der Waals surface area contributed by atoms with E-state index in [2.05, 4.69) is 10.0 Å². The molecule has 10 heteroatoms. The van der Waals surface area contributed by atoms with E-state index < -0.39 is 27.2 Å². The fraction of sp³-hybridized carbons (Fsp3) is 0.300. The molecule has 3 rings (SSSR count). The van der Waals surface area contributed by atoms with Gasteiger partial charge < -0.3 is 15.0 Å². The van der Waals surface area contributed by atoms with Crippen LogP contribution in [0.3, 0.4) is 0 Å². The first-order valence-electron chi connectivity index (χ1n) is 9.06. The van der Waals surface area contributed by atoms with Crippen LogP contribution in [0.25, 0.3) is 0 Å². The lowest BCUT2D eigenvalue weighted by Gasteiger charge is -2.24. The highest BCUT2D eigenvalue weighted by molar-refractivity contribution is 7.92. The summed E-state index contributed by atoms with van der Waals surface area (Å²) < 4.78 is 47.6. The van der Waals surface area contributed by atoms with Crippen LogP contribution in [0.15, 0.2) is 41.3 Å². The molecule has 0 aromatic heterocycles. The lowest BCUT2D eigenvalue weighted by Crippen LogP contribution is -2.39. The Morgan fingerprint density at radius 2 is 1.90 bits per heavy atom. The largest absolute Gasteiger partial charge is 0.490 e. The van der Waals surface area contributed by atoms with E-state index in [1.54, 1.807) is 27.0 Å². The number of carbonyl (C=O) groups is 2. The molecule has 0 spiro atoms. The van der Waals surface area contributed by atoms with Gasteiger partial charge in [0.05, 0.1) is 27.4 Å². The van der Waals surface area contributed by atoms with Crippen LogP contribution in [-0.4, -0.2) is 33.9 Å². The van der Waals surface area contributed by atoms with Gasteiger partial charge in [-0.15, -0.1) is 0 Å². The molecule has 0 unspecified atom stereocenters. The van der Waals surface area contributed by atoms with Crippen LogP contribution in [0, 0.1) is 11.2 Å². The molecule has 2 amide bonds. The summed E-state index contributed by atoms with van der Waals surface area (Å²) in [5.41, 5.74) is -0.256. The molecule has 1 aliphatic rings. The van der Waals surface area contributed by atoms with E-state index in [1.807, 2.05) is 0 Å². The predicted molar refractivity (Wildman–Crippen MR) is 111 cm³/mol. The number of carbonyl (C=O) groups excluding carboxylic acids is 2. The molecule has 1 heterocycles. The van der Waals surface area contributed by atoms with E-state index in [0.29, 0.717) is 11.4 Å². The van der Waals surface area contributed by atoms with Crippen LogP contribution >= 0.6 is 0 Å². The Morgan fingerprint density at radius 3 is 2.53 bits per heavy atom. The predicted octanol–water partition coefficient (Wildman–Crippen LogP) is 2.97. The fourth-order valence-corrected chi connectivity index (χ4v) is 4.08. The molecular formula is C20H22FN3O5S. The molecule has 8 nitrogen and oxygen atoms in total. The highest BCUT2D eigenvalue weighted by atomic mass is 32.2. The number of amides is 2. The molecular weight excluding hydrogens is 413 g/mol. The second kappa shape index (κ2) is 7.60. The molecule has 2 aromatic rings. The summed E-state index contributed by atoms with van der Waals surface area (Å²) in [6, 6.07) is 7.71. The van der Waals surface area contributed by atoms with Crippen molar-refractivity contribution >= 4 is 38.9 Å². The van der Waals surface area contributed by atoms with Crippen LogP contribution < -0.4 is 19.7 Å². The lowest BCUT2D eigenvalue weighted by atomic mass is 9.93. The minimum atomic E-state index is -4.12. The summed E-state index contributed by atoms with van der Waals surface area (Å²) in [6.07, 6.45) is 0. The second-order valence-electron chi connectivity index (χ2n) is 7.65. The lowest BCUT2D eigenvalue weighted by molar-refractivity contribution is -0.127. The van der Waals surface area contributed by atoms with Gasteiger partial charge in [0.25, 0.3) is 10.0 Å². The minimum Gasteiger partial charge on any atom is -0.490 e. The van der Waals surface area contributed by atoms with E-state index in [4.69, 9.17) is 4.74 Å². The van der Waals surface area contributed by atoms with Crippen LogP contribution in [-0.2, 0) is 19.6 Å². The number of ether oxygens (including phenoxy) is 1. The maximum atomic E-state index is 14.1. The summed E-state index contributed by atoms with van der Waals surface area (Å²) in [5, 5.41) is 2.28. The number of halogens is 1. The number of nitrogens with one attached hydrogen (secondary N) is 2. The first-order valence-corrected chi connectivity index (χ1v) is 10.5. The minimum absolute atomic E-state index is 0.119. The summed E-state index contributed by atoms with van der Waals surface area (Å²) in [4.78, 5) is 24.8. The van der Waals surface area contributed by atoms with E-state index in [1.165, 1.54) is 36.1 Å². The molecule has 0 saturated carbocycles. The van der Waals surface area contributed by atoms with E-state index >= 15 is 0 Å². The highest BCUT2D eigenvalue weighted by Gasteiger charge is 2.36. The summed E-state index contributed by atoms with van der Waals surface area (Å²) in [5.74, 6) is -1.07. The molecule has 0 atom stereocenters. The third-order valence-electron chi connectivity index (χ3n) is 4.61. The normalized spacial score (nSPS) is 15.6. The standard InChI is InChI=1S/C20H22FN3O5S/c1-12(25)22-16-7-6-14(10-15(16)21)30(27,28)23-13-5-8-18-17(9-13)24(4)19(26)20(2,3)11-29-18/h5-10,23H,11H2,1-4H3,(H,22,25). The van der Waals surface area contributed by atoms with Gasteiger partial charge >= 0.3 is 0 Å². The molecule has 1 aliphatic heterocycles. The number of fused-ring (bicyclic) bond motifs is 1. The second-order valence-corrected chi connectivity index (χ2v) is 9.33. The van der Waals surface area contributed by atoms with Crippen molar-refractivity contribution in [2.24, 2.45) is 5.41 Å². The van der Waals surface area contributed by atoms with E-state index in [0.717, 1.165) is 6.07 Å². The quantitative estimate of drug-likeness (QED) is 0.768. The Morgan fingerprint density at radius 1 is 1.20 bits per heavy atom. The fourth-order valence-electron chi connectivity index (χ4n) is 3.02. The number of sulfonamides is 1. The summed E-state index contributed by atoms with van der Waals surface area (Å²) in [6.45, 7) is 4.94. The highest BCUT2D eigenvalue weighted by Crippen LogP contribution is 2.37. The van der Waals surface area contributed by atoms with Gasteiger partial charge in [0.2, 0.25) is 11.8 Å². The monoisotopic (exact) mass is 435 g/mol. The smallest absolute Gasteiger partial charge is 0.261 e. The average molecular weight is 435 g/mol. The zero-order chi connectivity index (χ0) is 22.3. The number of rotatable bonds is 4. The van der Waals surface area contributed by atoms with Crippen molar-refractivity contribution in [2.45, 2.75) is 25.7 Å². The molecule has 0 bridgehead atoms. The van der Waals surface area contributed by atoms with Gasteiger partial charge in [-0.1, -0.05) is 0 Å². The molecule has 0 fully saturated rings. The number of anilines is 3. The van der Waals surface area contributed by atoms with Gasteiger partial charge in [-0.2, -0.15) is 0 Å². The molecule has 2 N–H and O–H groups in total. The molecule has 30 heavy (non-hydrogen) atoms. The number of nitrogens with zero attached hydrogens (tertiary/aromatic N) is 1. The van der Waals surface area contributed by atoms with Crippen molar-refractivity contribution in [2.75, 3.05) is 28.6 Å². The van der Waals surface area contributed by atoms with Crippen molar-refractivity contribution in [3.8, 4) is 5.75 Å². The van der Waals surface area contributed by atoms with Crippen molar-refractivity contribution in [1.82, 2.24) is 0 Å². The molecule has 2 aromatic carbocycles. The van der Waals surface area contributed by atoms with Gasteiger partial charge in [0, 0.05) is 14.0 Å². The average Bonchev–Trinajstić information content (AvgIpc) is 2.73. The Labute approximate surface area is 174 Å².